The molecule has 1 aliphatic heterocycles. The zero-order valence-corrected chi connectivity index (χ0v) is 6.32. The summed E-state index contributed by atoms with van der Waals surface area (Å²) in [5.41, 5.74) is 0. The average Bonchev–Trinajstić information content (AvgIpc) is 2.13. The highest BCUT2D eigenvalue weighted by Gasteiger charge is 2.26. The molecule has 0 aromatic carbocycles. The van der Waals surface area contributed by atoms with E-state index in [1.165, 1.54) is 0 Å². The van der Waals surface area contributed by atoms with Crippen LogP contribution < -0.4 is 5.32 Å². The van der Waals surface area contributed by atoms with Crippen LogP contribution in [0.25, 0.3) is 0 Å². The molecule has 0 saturated carbocycles. The minimum Gasteiger partial charge on any atom is -0.356 e. The van der Waals surface area contributed by atoms with Gasteiger partial charge in [-0.2, -0.15) is 12.6 Å². The predicted molar refractivity (Wildman–Crippen MR) is 39.6 cm³/mol. The van der Waals surface area contributed by atoms with E-state index in [1.807, 2.05) is 6.92 Å². The number of nitrogens with one attached hydrogen (secondary N) is 1. The largest absolute Gasteiger partial charge is 0.356 e. The van der Waals surface area contributed by atoms with Gasteiger partial charge in [-0.3, -0.25) is 4.79 Å². The first-order valence-corrected chi connectivity index (χ1v) is 3.69. The van der Waals surface area contributed by atoms with E-state index in [4.69, 9.17) is 0 Å². The van der Waals surface area contributed by atoms with Gasteiger partial charge in [0.15, 0.2) is 0 Å². The molecule has 1 N–H and O–H groups in total. The Kier molecular flexibility index (Phi) is 2.01. The molecule has 2 atom stereocenters. The van der Waals surface area contributed by atoms with Crippen LogP contribution in [0.1, 0.15) is 13.3 Å². The fraction of sp³-hybridized carbons (Fsp3) is 0.833. The highest BCUT2D eigenvalue weighted by molar-refractivity contribution is 7.81. The van der Waals surface area contributed by atoms with Crippen molar-refractivity contribution >= 4 is 18.5 Å². The molecule has 2 unspecified atom stereocenters. The van der Waals surface area contributed by atoms with Gasteiger partial charge < -0.3 is 5.32 Å². The van der Waals surface area contributed by atoms with E-state index < -0.39 is 0 Å². The summed E-state index contributed by atoms with van der Waals surface area (Å²) in [6.07, 6.45) is 0.948. The van der Waals surface area contributed by atoms with Crippen LogP contribution >= 0.6 is 12.6 Å². The van der Waals surface area contributed by atoms with Gasteiger partial charge in [-0.05, 0) is 6.42 Å². The smallest absolute Gasteiger partial charge is 0.224 e. The summed E-state index contributed by atoms with van der Waals surface area (Å²) in [5, 5.41) is 2.96. The summed E-state index contributed by atoms with van der Waals surface area (Å²) < 4.78 is 0. The number of carbonyl (C=O) groups is 1. The molecule has 0 bridgehead atoms. The molecular formula is C6H11NOS. The summed E-state index contributed by atoms with van der Waals surface area (Å²) in [5.74, 6) is 0.311. The lowest BCUT2D eigenvalue weighted by Crippen LogP contribution is -2.23. The molecule has 0 aromatic rings. The Bertz CT molecular complexity index is 124. The van der Waals surface area contributed by atoms with Crippen molar-refractivity contribution in [1.82, 2.24) is 5.32 Å². The summed E-state index contributed by atoms with van der Waals surface area (Å²) in [6.45, 7) is 2.78. The molecular weight excluding hydrogens is 134 g/mol. The Balaban J connectivity index is 2.49. The highest BCUT2D eigenvalue weighted by Crippen LogP contribution is 2.17. The summed E-state index contributed by atoms with van der Waals surface area (Å²) in [4.78, 5) is 10.9. The van der Waals surface area contributed by atoms with Gasteiger partial charge in [-0.15, -0.1) is 0 Å². The molecule has 1 heterocycles. The zero-order chi connectivity index (χ0) is 6.85. The maximum Gasteiger partial charge on any atom is 0.224 e. The normalized spacial score (nSPS) is 30.0. The second-order valence-corrected chi connectivity index (χ2v) is 3.24. The van der Waals surface area contributed by atoms with Crippen LogP contribution in [-0.4, -0.2) is 17.7 Å². The molecule has 0 radical (unpaired) electrons. The Morgan fingerprint density at radius 1 is 1.89 bits per heavy atom. The molecule has 2 nitrogen and oxygen atoms in total. The van der Waals surface area contributed by atoms with Crippen molar-refractivity contribution < 1.29 is 4.79 Å². The summed E-state index contributed by atoms with van der Waals surface area (Å²) in [6, 6.07) is 0. The lowest BCUT2D eigenvalue weighted by atomic mass is 10.1. The molecule has 1 fully saturated rings. The number of hydrogen-bond acceptors (Lipinski definition) is 2. The molecule has 1 aliphatic rings. The lowest BCUT2D eigenvalue weighted by Gasteiger charge is -2.08. The van der Waals surface area contributed by atoms with Gasteiger partial charge in [0, 0.05) is 11.8 Å². The van der Waals surface area contributed by atoms with Crippen molar-refractivity contribution in [2.24, 2.45) is 5.92 Å². The quantitative estimate of drug-likeness (QED) is 0.515. The van der Waals surface area contributed by atoms with Crippen LogP contribution in [0.15, 0.2) is 0 Å². The van der Waals surface area contributed by atoms with Crippen molar-refractivity contribution in [1.29, 1.82) is 0 Å². The third kappa shape index (κ3) is 1.39. The van der Waals surface area contributed by atoms with E-state index in [1.54, 1.807) is 0 Å². The Morgan fingerprint density at radius 3 is 2.78 bits per heavy atom. The van der Waals surface area contributed by atoms with E-state index in [0.29, 0.717) is 0 Å². The van der Waals surface area contributed by atoms with Crippen molar-refractivity contribution in [2.45, 2.75) is 18.6 Å². The van der Waals surface area contributed by atoms with E-state index in [9.17, 15) is 4.79 Å². The van der Waals surface area contributed by atoms with E-state index in [-0.39, 0.29) is 17.1 Å². The van der Waals surface area contributed by atoms with Crippen LogP contribution in [0.4, 0.5) is 0 Å². The highest BCUT2D eigenvalue weighted by atomic mass is 32.1. The first-order chi connectivity index (χ1) is 4.22. The Labute approximate surface area is 60.4 Å². The molecule has 1 amide bonds. The maximum atomic E-state index is 10.9. The SMILES string of the molecule is CC(S)C1CCNC1=O. The van der Waals surface area contributed by atoms with Crippen LogP contribution in [0.2, 0.25) is 0 Å². The van der Waals surface area contributed by atoms with E-state index >= 15 is 0 Å². The molecule has 9 heavy (non-hydrogen) atoms. The predicted octanol–water partition coefficient (Wildman–Crippen LogP) is 0.441. The maximum absolute atomic E-state index is 10.9. The van der Waals surface area contributed by atoms with Gasteiger partial charge in [-0.1, -0.05) is 6.92 Å². The molecule has 3 heteroatoms. The number of amides is 1. The Morgan fingerprint density at radius 2 is 2.56 bits per heavy atom. The third-order valence-corrected chi connectivity index (χ3v) is 2.03. The van der Waals surface area contributed by atoms with E-state index in [2.05, 4.69) is 17.9 Å². The second-order valence-electron chi connectivity index (χ2n) is 2.43. The fourth-order valence-corrected chi connectivity index (χ4v) is 1.36. The molecule has 0 spiro atoms. The fourth-order valence-electron chi connectivity index (χ4n) is 1.07. The third-order valence-electron chi connectivity index (χ3n) is 1.67. The first-order valence-electron chi connectivity index (χ1n) is 3.17. The molecule has 1 rings (SSSR count). The topological polar surface area (TPSA) is 29.1 Å². The molecule has 1 saturated heterocycles. The van der Waals surface area contributed by atoms with Crippen molar-refractivity contribution in [3.8, 4) is 0 Å². The number of thiol groups is 1. The molecule has 0 aromatic heterocycles. The van der Waals surface area contributed by atoms with Crippen molar-refractivity contribution in [3.63, 3.8) is 0 Å². The minimum atomic E-state index is 0.147. The second kappa shape index (κ2) is 2.60. The standard InChI is InChI=1S/C6H11NOS/c1-4(9)5-2-3-7-6(5)8/h4-5,9H,2-3H2,1H3,(H,7,8). The number of carbonyl (C=O) groups excluding carboxylic acids is 1. The number of rotatable bonds is 1. The van der Waals surface area contributed by atoms with Crippen LogP contribution in [0.3, 0.4) is 0 Å². The van der Waals surface area contributed by atoms with Gasteiger partial charge in [-0.25, -0.2) is 0 Å². The number of hydrogen-bond donors (Lipinski definition) is 2. The van der Waals surface area contributed by atoms with Gasteiger partial charge in [0.2, 0.25) is 5.91 Å². The summed E-state index contributed by atoms with van der Waals surface area (Å²) in [7, 11) is 0. The molecule has 0 aliphatic carbocycles. The van der Waals surface area contributed by atoms with Gasteiger partial charge in [0.25, 0.3) is 0 Å². The van der Waals surface area contributed by atoms with Gasteiger partial charge >= 0.3 is 0 Å². The van der Waals surface area contributed by atoms with Gasteiger partial charge in [0.1, 0.15) is 0 Å². The van der Waals surface area contributed by atoms with Crippen LogP contribution in [0.5, 0.6) is 0 Å². The van der Waals surface area contributed by atoms with Crippen molar-refractivity contribution in [2.75, 3.05) is 6.54 Å². The first kappa shape index (κ1) is 6.93. The van der Waals surface area contributed by atoms with Crippen LogP contribution in [-0.2, 0) is 4.79 Å². The molecule has 52 valence electrons. The van der Waals surface area contributed by atoms with Crippen molar-refractivity contribution in [3.05, 3.63) is 0 Å². The lowest BCUT2D eigenvalue weighted by molar-refractivity contribution is -0.122. The zero-order valence-electron chi connectivity index (χ0n) is 5.42. The van der Waals surface area contributed by atoms with E-state index in [0.717, 1.165) is 13.0 Å². The average molecular weight is 145 g/mol. The Hall–Kier alpha value is -0.180. The summed E-state index contributed by atoms with van der Waals surface area (Å²) >= 11 is 4.19. The minimum absolute atomic E-state index is 0.147. The van der Waals surface area contributed by atoms with Crippen LogP contribution in [0, 0.1) is 5.92 Å². The monoisotopic (exact) mass is 145 g/mol. The van der Waals surface area contributed by atoms with Gasteiger partial charge in [0.05, 0.1) is 5.92 Å².